The molecule has 0 bridgehead atoms. The van der Waals surface area contributed by atoms with E-state index in [-0.39, 0.29) is 24.7 Å². The van der Waals surface area contributed by atoms with Crippen molar-refractivity contribution >= 4 is 17.8 Å². The van der Waals surface area contributed by atoms with Crippen molar-refractivity contribution < 1.29 is 24.2 Å². The van der Waals surface area contributed by atoms with Gasteiger partial charge in [-0.1, -0.05) is 12.1 Å². The summed E-state index contributed by atoms with van der Waals surface area (Å²) >= 11 is 0. The van der Waals surface area contributed by atoms with Crippen LogP contribution in [0.25, 0.3) is 0 Å². The second kappa shape index (κ2) is 8.47. The fourth-order valence-electron chi connectivity index (χ4n) is 2.19. The van der Waals surface area contributed by atoms with E-state index < -0.39 is 11.5 Å². The number of hydrogen-bond donors (Lipinski definition) is 0. The number of esters is 1. The summed E-state index contributed by atoms with van der Waals surface area (Å²) in [7, 11) is 0. The van der Waals surface area contributed by atoms with Gasteiger partial charge in [0.2, 0.25) is 5.91 Å². The van der Waals surface area contributed by atoms with Gasteiger partial charge >= 0.3 is 5.97 Å². The number of carboxylic acid groups (broad SMARTS) is 1. The summed E-state index contributed by atoms with van der Waals surface area (Å²) in [4.78, 5) is 36.1. The molecule has 0 unspecified atom stereocenters. The van der Waals surface area contributed by atoms with Gasteiger partial charge in [-0.15, -0.1) is 0 Å². The van der Waals surface area contributed by atoms with Gasteiger partial charge in [0.1, 0.15) is 0 Å². The summed E-state index contributed by atoms with van der Waals surface area (Å²) in [6.07, 6.45) is -0.395. The standard InChI is InChI=1S/C18H25NO5/c1-5-24-17(23)14-8-6-13(7-9-14)12-19(18(2,3)4)15(20)10-11-16(21)22/h6-9H,5,10-12H2,1-4H3,(H,21,22)/p-1. The molecule has 1 aromatic carbocycles. The maximum atomic E-state index is 12.3. The molecule has 0 aromatic heterocycles. The molecule has 0 aliphatic heterocycles. The molecule has 0 aliphatic carbocycles. The van der Waals surface area contributed by atoms with Crippen molar-refractivity contribution in [2.75, 3.05) is 6.61 Å². The zero-order valence-corrected chi connectivity index (χ0v) is 14.6. The largest absolute Gasteiger partial charge is 0.550 e. The van der Waals surface area contributed by atoms with Crippen LogP contribution in [0.3, 0.4) is 0 Å². The van der Waals surface area contributed by atoms with E-state index in [1.54, 1.807) is 36.1 Å². The Bertz CT molecular complexity index is 586. The van der Waals surface area contributed by atoms with Crippen LogP contribution < -0.4 is 5.11 Å². The number of hydrogen-bond acceptors (Lipinski definition) is 5. The molecular formula is C18H24NO5-. The molecule has 0 N–H and O–H groups in total. The molecule has 1 rings (SSSR count). The molecule has 6 heteroatoms. The monoisotopic (exact) mass is 334 g/mol. The molecule has 0 heterocycles. The first-order valence-electron chi connectivity index (χ1n) is 7.91. The van der Waals surface area contributed by atoms with Gasteiger partial charge < -0.3 is 19.5 Å². The zero-order chi connectivity index (χ0) is 18.3. The van der Waals surface area contributed by atoms with E-state index in [1.807, 2.05) is 20.8 Å². The minimum Gasteiger partial charge on any atom is -0.550 e. The van der Waals surface area contributed by atoms with Gasteiger partial charge in [-0.25, -0.2) is 4.79 Å². The summed E-state index contributed by atoms with van der Waals surface area (Å²) in [5.74, 6) is -1.88. The van der Waals surface area contributed by atoms with E-state index in [9.17, 15) is 19.5 Å². The quantitative estimate of drug-likeness (QED) is 0.706. The first-order chi connectivity index (χ1) is 11.1. The van der Waals surface area contributed by atoms with Gasteiger partial charge in [0.05, 0.1) is 12.2 Å². The minimum atomic E-state index is -1.24. The molecule has 0 spiro atoms. The van der Waals surface area contributed by atoms with Crippen molar-refractivity contribution in [3.8, 4) is 0 Å². The molecule has 0 radical (unpaired) electrons. The van der Waals surface area contributed by atoms with Crippen molar-refractivity contribution in [3.05, 3.63) is 35.4 Å². The number of amides is 1. The van der Waals surface area contributed by atoms with Crippen LogP contribution in [0.5, 0.6) is 0 Å². The highest BCUT2D eigenvalue weighted by molar-refractivity contribution is 5.89. The SMILES string of the molecule is CCOC(=O)c1ccc(CN(C(=O)CCC(=O)[O-])C(C)(C)C)cc1. The van der Waals surface area contributed by atoms with Crippen molar-refractivity contribution in [1.29, 1.82) is 0 Å². The van der Waals surface area contributed by atoms with Gasteiger partial charge in [-0.2, -0.15) is 0 Å². The number of carbonyl (C=O) groups excluding carboxylic acids is 3. The average Bonchev–Trinajstić information content (AvgIpc) is 2.50. The second-order valence-electron chi connectivity index (χ2n) is 6.44. The number of nitrogens with zero attached hydrogens (tertiary/aromatic N) is 1. The van der Waals surface area contributed by atoms with Gasteiger partial charge in [-0.05, 0) is 51.8 Å². The summed E-state index contributed by atoms with van der Waals surface area (Å²) in [5, 5.41) is 10.6. The lowest BCUT2D eigenvalue weighted by Crippen LogP contribution is -2.45. The van der Waals surface area contributed by atoms with E-state index in [0.29, 0.717) is 18.7 Å². The Balaban J connectivity index is 2.85. The van der Waals surface area contributed by atoms with Gasteiger partial charge in [-0.3, -0.25) is 4.79 Å². The molecule has 0 saturated carbocycles. The van der Waals surface area contributed by atoms with Gasteiger partial charge in [0, 0.05) is 24.5 Å². The van der Waals surface area contributed by atoms with Crippen LogP contribution in [0, 0.1) is 0 Å². The van der Waals surface area contributed by atoms with E-state index in [1.165, 1.54) is 0 Å². The smallest absolute Gasteiger partial charge is 0.338 e. The molecule has 132 valence electrons. The van der Waals surface area contributed by atoms with Crippen LogP contribution in [0.15, 0.2) is 24.3 Å². The predicted octanol–water partition coefficient (Wildman–Crippen LogP) is 1.52. The normalized spacial score (nSPS) is 11.0. The fraction of sp³-hybridized carbons (Fsp3) is 0.500. The average molecular weight is 334 g/mol. The highest BCUT2D eigenvalue weighted by atomic mass is 16.5. The maximum absolute atomic E-state index is 12.3. The van der Waals surface area contributed by atoms with Crippen LogP contribution in [0.4, 0.5) is 0 Å². The lowest BCUT2D eigenvalue weighted by molar-refractivity contribution is -0.305. The van der Waals surface area contributed by atoms with Crippen molar-refractivity contribution in [2.45, 2.75) is 52.6 Å². The highest BCUT2D eigenvalue weighted by Gasteiger charge is 2.26. The van der Waals surface area contributed by atoms with Crippen LogP contribution in [-0.2, 0) is 20.9 Å². The predicted molar refractivity (Wildman–Crippen MR) is 86.9 cm³/mol. The van der Waals surface area contributed by atoms with E-state index >= 15 is 0 Å². The van der Waals surface area contributed by atoms with Crippen LogP contribution >= 0.6 is 0 Å². The van der Waals surface area contributed by atoms with Crippen LogP contribution in [-0.4, -0.2) is 34.9 Å². The van der Waals surface area contributed by atoms with Crippen molar-refractivity contribution in [2.24, 2.45) is 0 Å². The fourth-order valence-corrected chi connectivity index (χ4v) is 2.19. The third kappa shape index (κ3) is 6.02. The highest BCUT2D eigenvalue weighted by Crippen LogP contribution is 2.19. The summed E-state index contributed by atoms with van der Waals surface area (Å²) in [6, 6.07) is 6.83. The summed E-state index contributed by atoms with van der Waals surface area (Å²) < 4.78 is 4.93. The molecule has 0 fully saturated rings. The van der Waals surface area contributed by atoms with E-state index in [4.69, 9.17) is 4.74 Å². The van der Waals surface area contributed by atoms with Crippen LogP contribution in [0.1, 0.15) is 56.5 Å². The molecular weight excluding hydrogens is 310 g/mol. The Morgan fingerprint density at radius 3 is 2.12 bits per heavy atom. The lowest BCUT2D eigenvalue weighted by atomic mass is 10.0. The first-order valence-corrected chi connectivity index (χ1v) is 7.91. The third-order valence-electron chi connectivity index (χ3n) is 3.46. The van der Waals surface area contributed by atoms with Gasteiger partial charge in [0.15, 0.2) is 0 Å². The Hall–Kier alpha value is -2.37. The molecule has 0 aliphatic rings. The molecule has 0 saturated heterocycles. The molecule has 1 aromatic rings. The topological polar surface area (TPSA) is 86.7 Å². The third-order valence-corrected chi connectivity index (χ3v) is 3.46. The number of benzene rings is 1. The maximum Gasteiger partial charge on any atom is 0.338 e. The van der Waals surface area contributed by atoms with Gasteiger partial charge in [0.25, 0.3) is 0 Å². The number of aliphatic carboxylic acids is 1. The summed E-state index contributed by atoms with van der Waals surface area (Å²) in [5.41, 5.74) is 0.842. The van der Waals surface area contributed by atoms with E-state index in [2.05, 4.69) is 0 Å². The summed E-state index contributed by atoms with van der Waals surface area (Å²) in [6.45, 7) is 8.04. The van der Waals surface area contributed by atoms with Crippen molar-refractivity contribution in [3.63, 3.8) is 0 Å². The Morgan fingerprint density at radius 1 is 1.08 bits per heavy atom. The minimum absolute atomic E-state index is 0.0967. The molecule has 0 atom stereocenters. The van der Waals surface area contributed by atoms with Crippen LogP contribution in [0.2, 0.25) is 0 Å². The first kappa shape index (κ1) is 19.7. The molecule has 1 amide bonds. The zero-order valence-electron chi connectivity index (χ0n) is 14.6. The Kier molecular flexibility index (Phi) is 6.95. The Labute approximate surface area is 142 Å². The number of carbonyl (C=O) groups is 3. The second-order valence-corrected chi connectivity index (χ2v) is 6.44. The lowest BCUT2D eigenvalue weighted by Gasteiger charge is -2.36. The molecule has 6 nitrogen and oxygen atoms in total. The van der Waals surface area contributed by atoms with Crippen molar-refractivity contribution in [1.82, 2.24) is 4.90 Å². The van der Waals surface area contributed by atoms with E-state index in [0.717, 1.165) is 5.56 Å². The number of carboxylic acids is 1. The molecule has 24 heavy (non-hydrogen) atoms. The number of ether oxygens (including phenoxy) is 1. The Morgan fingerprint density at radius 2 is 1.67 bits per heavy atom. The number of rotatable bonds is 7.